The summed E-state index contributed by atoms with van der Waals surface area (Å²) in [5.74, 6) is -2.51. The van der Waals surface area contributed by atoms with Crippen LogP contribution >= 0.6 is 0 Å². The zero-order valence-corrected chi connectivity index (χ0v) is 16.5. The van der Waals surface area contributed by atoms with Crippen molar-refractivity contribution >= 4 is 11.9 Å². The second-order valence-electron chi connectivity index (χ2n) is 6.11. The third-order valence-electron chi connectivity index (χ3n) is 3.72. The molecule has 0 saturated heterocycles. The van der Waals surface area contributed by atoms with Crippen molar-refractivity contribution in [2.24, 2.45) is 0 Å². The summed E-state index contributed by atoms with van der Waals surface area (Å²) in [7, 11) is 0. The Bertz CT molecular complexity index is 287. The van der Waals surface area contributed by atoms with Crippen LogP contribution in [0, 0.1) is 6.92 Å². The van der Waals surface area contributed by atoms with Gasteiger partial charge in [-0.2, -0.15) is 6.42 Å². The fourth-order valence-electron chi connectivity index (χ4n) is 2.34. The van der Waals surface area contributed by atoms with Gasteiger partial charge in [-0.3, -0.25) is 0 Å². The summed E-state index contributed by atoms with van der Waals surface area (Å²) in [6.07, 6.45) is 21.0. The molecule has 0 rings (SSSR count). The number of carbonyl (C=O) groups is 2. The van der Waals surface area contributed by atoms with E-state index in [9.17, 15) is 9.59 Å². The number of aliphatic carboxylic acids is 2. The topological polar surface area (TPSA) is 74.6 Å². The van der Waals surface area contributed by atoms with E-state index < -0.39 is 11.9 Å². The van der Waals surface area contributed by atoms with E-state index in [0.717, 1.165) is 6.42 Å². The van der Waals surface area contributed by atoms with Gasteiger partial charge in [-0.25, -0.2) is 9.59 Å². The van der Waals surface area contributed by atoms with Crippen molar-refractivity contribution in [2.45, 2.75) is 96.8 Å². The van der Waals surface area contributed by atoms with Crippen LogP contribution in [0.3, 0.4) is 0 Å². The summed E-state index contributed by atoms with van der Waals surface area (Å²) >= 11 is 0. The number of rotatable bonds is 15. The Balaban J connectivity index is -0.000000457. The van der Waals surface area contributed by atoms with E-state index in [1.165, 1.54) is 83.5 Å². The van der Waals surface area contributed by atoms with E-state index in [4.69, 9.17) is 10.2 Å². The minimum absolute atomic E-state index is 0. The minimum Gasteiger partial charge on any atom is -0.478 e. The number of carboxylic acid groups (broad SMARTS) is 2. The van der Waals surface area contributed by atoms with Gasteiger partial charge in [0.05, 0.1) is 0 Å². The second kappa shape index (κ2) is 25.5. The summed E-state index contributed by atoms with van der Waals surface area (Å²) in [4.78, 5) is 19.1. The first-order chi connectivity index (χ1) is 11.5. The van der Waals surface area contributed by atoms with Crippen molar-refractivity contribution in [1.82, 2.24) is 0 Å². The zero-order valence-electron chi connectivity index (χ0n) is 16.5. The Morgan fingerprint density at radius 3 is 1.20 bits per heavy atom. The van der Waals surface area contributed by atoms with Crippen molar-refractivity contribution in [3.05, 3.63) is 19.1 Å². The average molecular weight is 348 g/mol. The van der Waals surface area contributed by atoms with Gasteiger partial charge in [0.25, 0.3) is 0 Å². The normalized spacial score (nSPS) is 10.0. The Morgan fingerprint density at radius 2 is 0.960 bits per heavy atom. The van der Waals surface area contributed by atoms with Crippen molar-refractivity contribution < 1.29 is 38.7 Å². The molecule has 0 amide bonds. The molecule has 0 atom stereocenters. The largest absolute Gasteiger partial charge is 1.00 e. The molecule has 0 spiro atoms. The van der Waals surface area contributed by atoms with Gasteiger partial charge < -0.3 is 17.1 Å². The zero-order chi connectivity index (χ0) is 18.5. The molecule has 142 valence electrons. The molecular weight excluding hydrogens is 311 g/mol. The molecule has 0 aromatic rings. The minimum atomic E-state index is -1.26. The van der Waals surface area contributed by atoms with Gasteiger partial charge in [0.2, 0.25) is 0 Å². The maximum atomic E-state index is 9.55. The van der Waals surface area contributed by atoms with E-state index in [2.05, 4.69) is 13.8 Å². The average Bonchev–Trinajstić information content (AvgIpc) is 2.54. The molecule has 0 aliphatic carbocycles. The summed E-state index contributed by atoms with van der Waals surface area (Å²) in [6.45, 7) is 6.16. The molecule has 0 bridgehead atoms. The first kappa shape index (κ1) is 29.1. The van der Waals surface area contributed by atoms with E-state index in [1.54, 1.807) is 0 Å². The Labute approximate surface area is 166 Å². The van der Waals surface area contributed by atoms with E-state index in [1.807, 2.05) is 0 Å². The molecule has 0 aliphatic rings. The van der Waals surface area contributed by atoms with Crippen LogP contribution < -0.4 is 18.9 Å². The smallest absolute Gasteiger partial charge is 0.478 e. The van der Waals surface area contributed by atoms with Crippen LogP contribution in [0.15, 0.2) is 12.2 Å². The van der Waals surface area contributed by atoms with E-state index >= 15 is 0 Å². The first-order valence-corrected chi connectivity index (χ1v) is 9.47. The Morgan fingerprint density at radius 1 is 0.680 bits per heavy atom. The maximum Gasteiger partial charge on any atom is 1.00 e. The fraction of sp³-hybridized carbons (Fsp3) is 0.750. The standard InChI is InChI=1S/C16H33.C4H4O4.Li/c1-3-5-7-9-11-13-15-16-14-12-10-8-6-4-2;5-3(6)1-2-4(7)8;/h1,3-16H2,2H3;1-2H,(H,5,6)(H,7,8);/q-1;;+1/b;2-1+;. The number of hydrogen-bond acceptors (Lipinski definition) is 2. The van der Waals surface area contributed by atoms with Gasteiger partial charge in [0.15, 0.2) is 0 Å². The number of carboxylic acids is 2. The van der Waals surface area contributed by atoms with Crippen LogP contribution in [-0.2, 0) is 9.59 Å². The molecule has 4 nitrogen and oxygen atoms in total. The molecule has 0 aliphatic heterocycles. The van der Waals surface area contributed by atoms with Crippen molar-refractivity contribution in [3.63, 3.8) is 0 Å². The van der Waals surface area contributed by atoms with Crippen LogP contribution in [0.4, 0.5) is 0 Å². The summed E-state index contributed by atoms with van der Waals surface area (Å²) in [5, 5.41) is 15.6. The number of hydrogen-bond donors (Lipinski definition) is 2. The molecule has 0 unspecified atom stereocenters. The Hall–Kier alpha value is -0.723. The van der Waals surface area contributed by atoms with Crippen molar-refractivity contribution in [1.29, 1.82) is 0 Å². The van der Waals surface area contributed by atoms with Gasteiger partial charge in [0, 0.05) is 12.2 Å². The monoisotopic (exact) mass is 348 g/mol. The second-order valence-corrected chi connectivity index (χ2v) is 6.11. The SMILES string of the molecule is O=C(O)/C=C/C(=O)O.[CH2-]CCCCCCCCCCCCCCC.[Li+]. The molecule has 0 aromatic carbocycles. The van der Waals surface area contributed by atoms with Crippen LogP contribution in [-0.4, -0.2) is 22.2 Å². The van der Waals surface area contributed by atoms with Crippen LogP contribution in [0.2, 0.25) is 0 Å². The van der Waals surface area contributed by atoms with Gasteiger partial charge >= 0.3 is 30.8 Å². The third kappa shape index (κ3) is 35.3. The summed E-state index contributed by atoms with van der Waals surface area (Å²) < 4.78 is 0. The molecule has 2 N–H and O–H groups in total. The maximum absolute atomic E-state index is 9.55. The van der Waals surface area contributed by atoms with Crippen LogP contribution in [0.1, 0.15) is 96.8 Å². The molecule has 0 aromatic heterocycles. The van der Waals surface area contributed by atoms with Crippen molar-refractivity contribution in [3.8, 4) is 0 Å². The molecule has 0 radical (unpaired) electrons. The molecule has 0 fully saturated rings. The van der Waals surface area contributed by atoms with E-state index in [-0.39, 0.29) is 18.9 Å². The van der Waals surface area contributed by atoms with Gasteiger partial charge in [-0.1, -0.05) is 90.4 Å². The Kier molecular flexibility index (Phi) is 29.7. The van der Waals surface area contributed by atoms with Gasteiger partial charge in [-0.15, -0.1) is 0 Å². The fourth-order valence-corrected chi connectivity index (χ4v) is 2.34. The summed E-state index contributed by atoms with van der Waals surface area (Å²) in [6, 6.07) is 0. The third-order valence-corrected chi connectivity index (χ3v) is 3.72. The van der Waals surface area contributed by atoms with Crippen LogP contribution in [0.25, 0.3) is 0 Å². The molecule has 0 saturated carbocycles. The predicted molar refractivity (Wildman–Crippen MR) is 100 cm³/mol. The van der Waals surface area contributed by atoms with Gasteiger partial charge in [0.1, 0.15) is 0 Å². The van der Waals surface area contributed by atoms with Gasteiger partial charge in [-0.05, 0) is 0 Å². The molecular formula is C20H37LiO4. The van der Waals surface area contributed by atoms with Crippen LogP contribution in [0.5, 0.6) is 0 Å². The first-order valence-electron chi connectivity index (χ1n) is 9.47. The molecule has 0 heterocycles. The molecule has 5 heteroatoms. The molecule has 25 heavy (non-hydrogen) atoms. The van der Waals surface area contributed by atoms with E-state index in [0.29, 0.717) is 12.2 Å². The van der Waals surface area contributed by atoms with Crippen molar-refractivity contribution in [2.75, 3.05) is 0 Å². The number of unbranched alkanes of at least 4 members (excludes halogenated alkanes) is 13. The predicted octanol–water partition coefficient (Wildman–Crippen LogP) is 3.02. The summed E-state index contributed by atoms with van der Waals surface area (Å²) in [5.41, 5.74) is 0. The quantitative estimate of drug-likeness (QED) is 0.206.